The molecule has 0 aliphatic heterocycles. The van der Waals surface area contributed by atoms with Crippen molar-refractivity contribution in [2.45, 2.75) is 33.6 Å². The highest BCUT2D eigenvalue weighted by Crippen LogP contribution is 2.34. The van der Waals surface area contributed by atoms with E-state index in [-0.39, 0.29) is 5.78 Å². The van der Waals surface area contributed by atoms with Crippen molar-refractivity contribution in [3.05, 3.63) is 58.1 Å². The Labute approximate surface area is 130 Å². The first-order valence-electron chi connectivity index (χ1n) is 6.97. The van der Waals surface area contributed by atoms with Gasteiger partial charge in [-0.15, -0.1) is 0 Å². The van der Waals surface area contributed by atoms with E-state index < -0.39 is 0 Å². The lowest BCUT2D eigenvalue weighted by atomic mass is 10.0. The first-order chi connectivity index (χ1) is 9.88. The van der Waals surface area contributed by atoms with Crippen LogP contribution in [-0.4, -0.2) is 5.78 Å². The van der Waals surface area contributed by atoms with Gasteiger partial charge in [0, 0.05) is 10.6 Å². The van der Waals surface area contributed by atoms with Crippen molar-refractivity contribution in [2.24, 2.45) is 0 Å². The fourth-order valence-electron chi connectivity index (χ4n) is 2.13. The molecule has 0 saturated carbocycles. The van der Waals surface area contributed by atoms with Crippen LogP contribution in [0.3, 0.4) is 0 Å². The second kappa shape index (κ2) is 6.31. The van der Waals surface area contributed by atoms with Crippen LogP contribution in [0.4, 0.5) is 0 Å². The molecule has 21 heavy (non-hydrogen) atoms. The number of hydrogen-bond acceptors (Lipinski definition) is 2. The van der Waals surface area contributed by atoms with E-state index in [1.807, 2.05) is 31.2 Å². The van der Waals surface area contributed by atoms with Crippen molar-refractivity contribution in [1.29, 1.82) is 0 Å². The smallest absolute Gasteiger partial charge is 0.159 e. The Morgan fingerprint density at radius 2 is 1.90 bits per heavy atom. The van der Waals surface area contributed by atoms with Gasteiger partial charge in [0.25, 0.3) is 0 Å². The average Bonchev–Trinajstić information content (AvgIpc) is 2.41. The van der Waals surface area contributed by atoms with Gasteiger partial charge in [-0.2, -0.15) is 0 Å². The molecule has 0 bridgehead atoms. The minimum atomic E-state index is 0.0242. The summed E-state index contributed by atoms with van der Waals surface area (Å²) in [6.07, 6.45) is 0. The molecule has 0 unspecified atom stereocenters. The lowest BCUT2D eigenvalue weighted by molar-refractivity contribution is 0.101. The van der Waals surface area contributed by atoms with Gasteiger partial charge >= 0.3 is 0 Å². The Kier molecular flexibility index (Phi) is 4.69. The molecule has 0 amide bonds. The number of Topliss-reactive ketones (excluding diaryl/α,β-unsaturated/α-hetero) is 1. The van der Waals surface area contributed by atoms with Gasteiger partial charge in [-0.25, -0.2) is 0 Å². The largest absolute Gasteiger partial charge is 0.457 e. The van der Waals surface area contributed by atoms with Crippen LogP contribution in [0.15, 0.2) is 36.4 Å². The zero-order valence-electron chi connectivity index (χ0n) is 12.7. The summed E-state index contributed by atoms with van der Waals surface area (Å²) in [5.74, 6) is 1.77. The van der Waals surface area contributed by atoms with Crippen molar-refractivity contribution in [3.8, 4) is 11.5 Å². The summed E-state index contributed by atoms with van der Waals surface area (Å²) in [7, 11) is 0. The predicted octanol–water partition coefficient (Wildman–Crippen LogP) is 5.77. The van der Waals surface area contributed by atoms with Crippen LogP contribution in [0, 0.1) is 6.92 Å². The molecule has 0 aliphatic rings. The third-order valence-electron chi connectivity index (χ3n) is 3.38. The van der Waals surface area contributed by atoms with E-state index in [0.29, 0.717) is 17.2 Å². The first-order valence-corrected chi connectivity index (χ1v) is 7.35. The Morgan fingerprint density at radius 1 is 1.19 bits per heavy atom. The maximum absolute atomic E-state index is 11.4. The highest BCUT2D eigenvalue weighted by Gasteiger charge is 2.11. The van der Waals surface area contributed by atoms with Gasteiger partial charge in [-0.05, 0) is 55.2 Å². The fourth-order valence-corrected chi connectivity index (χ4v) is 2.56. The summed E-state index contributed by atoms with van der Waals surface area (Å²) in [6.45, 7) is 7.69. The summed E-state index contributed by atoms with van der Waals surface area (Å²) in [4.78, 5) is 11.4. The third-order valence-corrected chi connectivity index (χ3v) is 3.71. The number of carbonyl (C=O) groups is 1. The molecule has 0 radical (unpaired) electrons. The summed E-state index contributed by atoms with van der Waals surface area (Å²) in [6, 6.07) is 11.1. The number of aryl methyl sites for hydroxylation is 1. The molecule has 0 saturated heterocycles. The lowest BCUT2D eigenvalue weighted by Gasteiger charge is -2.14. The van der Waals surface area contributed by atoms with E-state index in [4.69, 9.17) is 16.3 Å². The van der Waals surface area contributed by atoms with Crippen molar-refractivity contribution in [3.63, 3.8) is 0 Å². The fraction of sp³-hybridized carbons (Fsp3) is 0.278. The molecular formula is C18H19ClO2. The molecule has 2 rings (SSSR count). The molecule has 0 spiro atoms. The molecule has 0 fully saturated rings. The molecule has 0 heterocycles. The minimum Gasteiger partial charge on any atom is -0.457 e. The molecule has 0 aliphatic carbocycles. The number of hydrogen-bond donors (Lipinski definition) is 0. The topological polar surface area (TPSA) is 26.3 Å². The predicted molar refractivity (Wildman–Crippen MR) is 86.8 cm³/mol. The number of rotatable bonds is 4. The van der Waals surface area contributed by atoms with Gasteiger partial charge in [-0.3, -0.25) is 4.79 Å². The molecular weight excluding hydrogens is 284 g/mol. The quantitative estimate of drug-likeness (QED) is 0.670. The van der Waals surface area contributed by atoms with Crippen molar-refractivity contribution < 1.29 is 9.53 Å². The van der Waals surface area contributed by atoms with E-state index >= 15 is 0 Å². The van der Waals surface area contributed by atoms with Crippen LogP contribution in [0.1, 0.15) is 48.2 Å². The number of ketones is 1. The van der Waals surface area contributed by atoms with Crippen molar-refractivity contribution in [2.75, 3.05) is 0 Å². The van der Waals surface area contributed by atoms with Crippen LogP contribution in [0.5, 0.6) is 11.5 Å². The van der Waals surface area contributed by atoms with E-state index in [1.54, 1.807) is 19.1 Å². The minimum absolute atomic E-state index is 0.0242. The summed E-state index contributed by atoms with van der Waals surface area (Å²) in [5, 5.41) is 0.757. The summed E-state index contributed by atoms with van der Waals surface area (Å²) < 4.78 is 5.93. The first kappa shape index (κ1) is 15.6. The van der Waals surface area contributed by atoms with Crippen LogP contribution < -0.4 is 4.74 Å². The molecule has 110 valence electrons. The van der Waals surface area contributed by atoms with Crippen LogP contribution in [0.25, 0.3) is 0 Å². The third kappa shape index (κ3) is 3.64. The lowest BCUT2D eigenvalue weighted by Crippen LogP contribution is -1.96. The molecule has 2 aromatic rings. The summed E-state index contributed by atoms with van der Waals surface area (Å²) >= 11 is 6.27. The van der Waals surface area contributed by atoms with E-state index in [9.17, 15) is 4.79 Å². The van der Waals surface area contributed by atoms with Crippen LogP contribution in [-0.2, 0) is 0 Å². The molecule has 0 aromatic heterocycles. The molecule has 2 aromatic carbocycles. The highest BCUT2D eigenvalue weighted by atomic mass is 35.5. The zero-order chi connectivity index (χ0) is 15.6. The Balaban J connectivity index is 2.37. The van der Waals surface area contributed by atoms with E-state index in [0.717, 1.165) is 21.9 Å². The van der Waals surface area contributed by atoms with Crippen molar-refractivity contribution >= 4 is 17.4 Å². The second-order valence-electron chi connectivity index (χ2n) is 5.48. The molecule has 0 N–H and O–H groups in total. The SMILES string of the molecule is CC(=O)c1cccc(Oc2cc(C(C)C)c(Cl)cc2C)c1. The van der Waals surface area contributed by atoms with Gasteiger partial charge in [0.15, 0.2) is 5.78 Å². The number of halogens is 1. The standard InChI is InChI=1S/C18H19ClO2/c1-11(2)16-10-18(12(3)8-17(16)19)21-15-7-5-6-14(9-15)13(4)20/h5-11H,1-4H3. The average molecular weight is 303 g/mol. The van der Waals surface area contributed by atoms with E-state index in [2.05, 4.69) is 13.8 Å². The maximum Gasteiger partial charge on any atom is 0.159 e. The molecule has 3 heteroatoms. The molecule has 2 nitrogen and oxygen atoms in total. The normalized spacial score (nSPS) is 10.8. The van der Waals surface area contributed by atoms with Crippen LogP contribution >= 0.6 is 11.6 Å². The second-order valence-corrected chi connectivity index (χ2v) is 5.89. The van der Waals surface area contributed by atoms with Gasteiger partial charge in [0.1, 0.15) is 11.5 Å². The van der Waals surface area contributed by atoms with Gasteiger partial charge in [0.05, 0.1) is 0 Å². The molecule has 0 atom stereocenters. The van der Waals surface area contributed by atoms with Crippen molar-refractivity contribution in [1.82, 2.24) is 0 Å². The highest BCUT2D eigenvalue weighted by molar-refractivity contribution is 6.31. The Hall–Kier alpha value is -1.80. The monoisotopic (exact) mass is 302 g/mol. The Bertz CT molecular complexity index is 675. The van der Waals surface area contributed by atoms with Gasteiger partial charge in [-0.1, -0.05) is 37.6 Å². The zero-order valence-corrected chi connectivity index (χ0v) is 13.5. The Morgan fingerprint density at radius 3 is 2.52 bits per heavy atom. The van der Waals surface area contributed by atoms with Gasteiger partial charge < -0.3 is 4.74 Å². The number of ether oxygens (including phenoxy) is 1. The van der Waals surface area contributed by atoms with Gasteiger partial charge in [0.2, 0.25) is 0 Å². The number of benzene rings is 2. The van der Waals surface area contributed by atoms with E-state index in [1.165, 1.54) is 0 Å². The number of carbonyl (C=O) groups excluding carboxylic acids is 1. The summed E-state index contributed by atoms with van der Waals surface area (Å²) in [5.41, 5.74) is 2.67. The van der Waals surface area contributed by atoms with Crippen LogP contribution in [0.2, 0.25) is 5.02 Å². The maximum atomic E-state index is 11.4.